The summed E-state index contributed by atoms with van der Waals surface area (Å²) in [5.41, 5.74) is 0. The average molecular weight is 408 g/mol. The Balaban J connectivity index is 1.52. The molecular formula is C18H26ClN7O2. The number of nitrogens with zero attached hydrogens (tertiary/aromatic N) is 5. The third kappa shape index (κ3) is 5.56. The molecule has 2 N–H and O–H groups in total. The zero-order valence-corrected chi connectivity index (χ0v) is 16.9. The number of fused-ring (bicyclic) bond motifs is 1. The maximum atomic E-state index is 6.04. The first-order chi connectivity index (χ1) is 13.7. The topological polar surface area (TPSA) is 98.5 Å². The predicted octanol–water partition coefficient (Wildman–Crippen LogP) is 1.42. The quantitative estimate of drug-likeness (QED) is 0.388. The van der Waals surface area contributed by atoms with E-state index < -0.39 is 0 Å². The molecule has 0 fully saturated rings. The summed E-state index contributed by atoms with van der Waals surface area (Å²) in [6.45, 7) is 4.87. The highest BCUT2D eigenvalue weighted by Gasteiger charge is 2.22. The van der Waals surface area contributed by atoms with E-state index in [2.05, 4.69) is 30.7 Å². The monoisotopic (exact) mass is 407 g/mol. The molecule has 2 aromatic rings. The van der Waals surface area contributed by atoms with Gasteiger partial charge in [-0.2, -0.15) is 5.10 Å². The first kappa shape index (κ1) is 20.3. The van der Waals surface area contributed by atoms with Crippen molar-refractivity contribution in [2.24, 2.45) is 4.99 Å². The smallest absolute Gasteiger partial charge is 0.232 e. The normalized spacial score (nSPS) is 16.5. The van der Waals surface area contributed by atoms with E-state index in [0.29, 0.717) is 30.7 Å². The van der Waals surface area contributed by atoms with Crippen molar-refractivity contribution in [3.8, 4) is 5.88 Å². The van der Waals surface area contributed by atoms with Gasteiger partial charge in [0.25, 0.3) is 0 Å². The van der Waals surface area contributed by atoms with Crippen molar-refractivity contribution >= 4 is 17.6 Å². The molecule has 0 amide bonds. The number of guanidine groups is 1. The van der Waals surface area contributed by atoms with E-state index in [-0.39, 0.29) is 6.04 Å². The van der Waals surface area contributed by atoms with Crippen LogP contribution in [-0.4, -0.2) is 58.6 Å². The van der Waals surface area contributed by atoms with E-state index in [1.54, 1.807) is 25.4 Å². The van der Waals surface area contributed by atoms with Gasteiger partial charge in [0, 0.05) is 32.3 Å². The summed E-state index contributed by atoms with van der Waals surface area (Å²) in [6.07, 6.45) is 3.49. The van der Waals surface area contributed by atoms with Crippen LogP contribution in [0.15, 0.2) is 23.3 Å². The lowest BCUT2D eigenvalue weighted by molar-refractivity contribution is 0.177. The molecule has 1 aliphatic heterocycles. The van der Waals surface area contributed by atoms with E-state index in [1.807, 2.05) is 11.6 Å². The summed E-state index contributed by atoms with van der Waals surface area (Å²) in [5.74, 6) is 2.91. The zero-order chi connectivity index (χ0) is 19.8. The highest BCUT2D eigenvalue weighted by Crippen LogP contribution is 2.19. The number of rotatable bonds is 8. The Hall–Kier alpha value is -2.39. The van der Waals surface area contributed by atoms with Gasteiger partial charge in [-0.1, -0.05) is 11.6 Å². The number of aliphatic imine (C=N–C) groups is 1. The van der Waals surface area contributed by atoms with E-state index >= 15 is 0 Å². The first-order valence-electron chi connectivity index (χ1n) is 9.39. The van der Waals surface area contributed by atoms with Gasteiger partial charge in [-0.15, -0.1) is 0 Å². The molecule has 0 aromatic carbocycles. The fourth-order valence-corrected chi connectivity index (χ4v) is 3.14. The van der Waals surface area contributed by atoms with Crippen molar-refractivity contribution in [1.82, 2.24) is 30.4 Å². The highest BCUT2D eigenvalue weighted by atomic mass is 35.5. The highest BCUT2D eigenvalue weighted by molar-refractivity contribution is 6.31. The molecule has 1 aliphatic rings. The molecule has 0 saturated carbocycles. The minimum atomic E-state index is 0.230. The van der Waals surface area contributed by atoms with Crippen LogP contribution in [0.1, 0.15) is 25.0 Å². The second-order valence-electron chi connectivity index (χ2n) is 6.34. The number of nitrogens with one attached hydrogen (secondary N) is 2. The standard InChI is InChI=1S/C18H26ClN7O2/c1-3-20-18(22-9-10-28-17-14(19)5-4-8-21-17)23-13-6-7-16-24-15(12-27-2)25-26(16)11-13/h4-5,8,13H,3,6-7,9-12H2,1-2H3,(H2,20,22,23). The van der Waals surface area contributed by atoms with Crippen LogP contribution in [0.5, 0.6) is 5.88 Å². The van der Waals surface area contributed by atoms with Crippen molar-refractivity contribution in [3.63, 3.8) is 0 Å². The molecule has 0 radical (unpaired) electrons. The Morgan fingerprint density at radius 1 is 1.46 bits per heavy atom. The van der Waals surface area contributed by atoms with Crippen LogP contribution in [0, 0.1) is 0 Å². The van der Waals surface area contributed by atoms with Crippen LogP contribution in [0.25, 0.3) is 0 Å². The van der Waals surface area contributed by atoms with Crippen LogP contribution in [0.2, 0.25) is 5.02 Å². The van der Waals surface area contributed by atoms with Crippen LogP contribution in [-0.2, 0) is 24.3 Å². The molecule has 3 rings (SSSR count). The molecule has 0 bridgehead atoms. The predicted molar refractivity (Wildman–Crippen MR) is 107 cm³/mol. The molecule has 0 aliphatic carbocycles. The van der Waals surface area contributed by atoms with Gasteiger partial charge in [0.2, 0.25) is 5.88 Å². The number of halogens is 1. The van der Waals surface area contributed by atoms with Gasteiger partial charge in [0.05, 0.1) is 13.1 Å². The Bertz CT molecular complexity index is 796. The van der Waals surface area contributed by atoms with E-state index in [1.165, 1.54) is 0 Å². The minimum absolute atomic E-state index is 0.230. The van der Waals surface area contributed by atoms with Gasteiger partial charge in [-0.3, -0.25) is 0 Å². The number of hydrogen-bond acceptors (Lipinski definition) is 6. The number of aryl methyl sites for hydroxylation is 1. The summed E-state index contributed by atoms with van der Waals surface area (Å²) < 4.78 is 12.7. The number of methoxy groups -OCH3 is 1. The van der Waals surface area contributed by atoms with E-state index in [0.717, 1.165) is 43.5 Å². The lowest BCUT2D eigenvalue weighted by Crippen LogP contribution is -2.47. The van der Waals surface area contributed by atoms with Crippen molar-refractivity contribution < 1.29 is 9.47 Å². The van der Waals surface area contributed by atoms with E-state index in [4.69, 9.17) is 21.1 Å². The molecular weight excluding hydrogens is 382 g/mol. The second-order valence-corrected chi connectivity index (χ2v) is 6.75. The summed E-state index contributed by atoms with van der Waals surface area (Å²) in [5, 5.41) is 11.7. The summed E-state index contributed by atoms with van der Waals surface area (Å²) in [4.78, 5) is 13.2. The van der Waals surface area contributed by atoms with Crippen LogP contribution in [0.4, 0.5) is 0 Å². The zero-order valence-electron chi connectivity index (χ0n) is 16.2. The van der Waals surface area contributed by atoms with Crippen LogP contribution in [0.3, 0.4) is 0 Å². The fourth-order valence-electron chi connectivity index (χ4n) is 2.96. The number of ether oxygens (including phenoxy) is 2. The fraction of sp³-hybridized carbons (Fsp3) is 0.556. The molecule has 9 nitrogen and oxygen atoms in total. The Labute approximate surface area is 169 Å². The van der Waals surface area contributed by atoms with Crippen LogP contribution >= 0.6 is 11.6 Å². The van der Waals surface area contributed by atoms with E-state index in [9.17, 15) is 0 Å². The summed E-state index contributed by atoms with van der Waals surface area (Å²) >= 11 is 6.04. The van der Waals surface area contributed by atoms with Gasteiger partial charge in [-0.25, -0.2) is 19.6 Å². The Kier molecular flexibility index (Phi) is 7.44. The maximum absolute atomic E-state index is 6.04. The first-order valence-corrected chi connectivity index (χ1v) is 9.77. The number of aromatic nitrogens is 4. The van der Waals surface area contributed by atoms with Crippen molar-refractivity contribution in [1.29, 1.82) is 0 Å². The molecule has 0 saturated heterocycles. The van der Waals surface area contributed by atoms with Gasteiger partial charge in [0.15, 0.2) is 11.8 Å². The third-order valence-electron chi connectivity index (χ3n) is 4.19. The second kappa shape index (κ2) is 10.2. The number of pyridine rings is 1. The molecule has 152 valence electrons. The lowest BCUT2D eigenvalue weighted by atomic mass is 10.1. The lowest BCUT2D eigenvalue weighted by Gasteiger charge is -2.25. The van der Waals surface area contributed by atoms with Gasteiger partial charge in [-0.05, 0) is 25.5 Å². The van der Waals surface area contributed by atoms with Crippen molar-refractivity contribution in [2.45, 2.75) is 39.0 Å². The Morgan fingerprint density at radius 3 is 3.14 bits per heavy atom. The third-order valence-corrected chi connectivity index (χ3v) is 4.47. The van der Waals surface area contributed by atoms with Gasteiger partial charge < -0.3 is 20.1 Å². The maximum Gasteiger partial charge on any atom is 0.232 e. The van der Waals surface area contributed by atoms with Gasteiger partial charge in [0.1, 0.15) is 24.1 Å². The molecule has 1 atom stereocenters. The van der Waals surface area contributed by atoms with Crippen LogP contribution < -0.4 is 15.4 Å². The van der Waals surface area contributed by atoms with Gasteiger partial charge >= 0.3 is 0 Å². The van der Waals surface area contributed by atoms with Crippen molar-refractivity contribution in [3.05, 3.63) is 35.0 Å². The largest absolute Gasteiger partial charge is 0.475 e. The molecule has 3 heterocycles. The average Bonchev–Trinajstić information content (AvgIpc) is 3.08. The summed E-state index contributed by atoms with van der Waals surface area (Å²) in [7, 11) is 1.65. The molecule has 10 heteroatoms. The minimum Gasteiger partial charge on any atom is -0.475 e. The molecule has 28 heavy (non-hydrogen) atoms. The SMILES string of the molecule is CCNC(=NCCOc1ncccc1Cl)NC1CCc2nc(COC)nn2C1. The van der Waals surface area contributed by atoms with Crippen molar-refractivity contribution in [2.75, 3.05) is 26.8 Å². The molecule has 1 unspecified atom stereocenters. The molecule has 0 spiro atoms. The summed E-state index contributed by atoms with van der Waals surface area (Å²) in [6, 6.07) is 3.75. The Morgan fingerprint density at radius 2 is 2.36 bits per heavy atom. The number of hydrogen-bond donors (Lipinski definition) is 2. The molecule has 2 aromatic heterocycles.